The van der Waals surface area contributed by atoms with Gasteiger partial charge in [-0.1, -0.05) is 44.2 Å². The summed E-state index contributed by atoms with van der Waals surface area (Å²) in [4.78, 5) is 11.2. The monoisotopic (exact) mass is 222 g/mol. The summed E-state index contributed by atoms with van der Waals surface area (Å²) in [5.74, 6) is 0. The smallest absolute Gasteiger partial charge is 0.186 e. The topological polar surface area (TPSA) is 17.1 Å². The summed E-state index contributed by atoms with van der Waals surface area (Å²) < 4.78 is 0. The minimum Gasteiger partial charge on any atom is -0.287 e. The molecule has 1 aromatic rings. The molecule has 0 aromatic heterocycles. The zero-order valence-electron chi connectivity index (χ0n) is 9.36. The molecular weight excluding hydrogens is 204 g/mol. The van der Waals surface area contributed by atoms with E-state index in [-0.39, 0.29) is 10.5 Å². The van der Waals surface area contributed by atoms with Crippen molar-refractivity contribution in [2.45, 2.75) is 38.5 Å². The van der Waals surface area contributed by atoms with Gasteiger partial charge in [-0.05, 0) is 18.4 Å². The van der Waals surface area contributed by atoms with Crippen molar-refractivity contribution in [3.8, 4) is 0 Å². The van der Waals surface area contributed by atoms with Crippen molar-refractivity contribution in [1.82, 2.24) is 0 Å². The Labute approximate surface area is 97.3 Å². The highest BCUT2D eigenvalue weighted by Crippen LogP contribution is 2.35. The van der Waals surface area contributed by atoms with Gasteiger partial charge in [-0.2, -0.15) is 0 Å². The minimum absolute atomic E-state index is 0.0254. The van der Waals surface area contributed by atoms with E-state index in [2.05, 4.69) is 38.6 Å². The van der Waals surface area contributed by atoms with E-state index < -0.39 is 0 Å². The zero-order chi connectivity index (χ0) is 11.3. The van der Waals surface area contributed by atoms with E-state index >= 15 is 0 Å². The van der Waals surface area contributed by atoms with Crippen LogP contribution >= 0.6 is 12.6 Å². The first kappa shape index (κ1) is 12.3. The second-order valence-electron chi connectivity index (χ2n) is 3.92. The average molecular weight is 222 g/mol. The van der Waals surface area contributed by atoms with Gasteiger partial charge in [-0.3, -0.25) is 4.79 Å². The van der Waals surface area contributed by atoms with E-state index in [4.69, 9.17) is 0 Å². The highest BCUT2D eigenvalue weighted by molar-refractivity contribution is 7.96. The van der Waals surface area contributed by atoms with Crippen molar-refractivity contribution >= 4 is 17.7 Å². The second-order valence-corrected chi connectivity index (χ2v) is 4.42. The maximum Gasteiger partial charge on any atom is 0.186 e. The molecule has 0 fully saturated rings. The van der Waals surface area contributed by atoms with Crippen LogP contribution in [0.3, 0.4) is 0 Å². The molecule has 0 aliphatic rings. The molecule has 1 rings (SSSR count). The van der Waals surface area contributed by atoms with Crippen molar-refractivity contribution in [3.05, 3.63) is 35.9 Å². The molecule has 0 saturated heterocycles. The summed E-state index contributed by atoms with van der Waals surface area (Å²) in [6.45, 7) is 4.26. The SMILES string of the molecule is CCC(CC)(CC(=O)S)c1ccccc1. The fraction of sp³-hybridized carbons (Fsp3) is 0.462. The fourth-order valence-electron chi connectivity index (χ4n) is 2.09. The second kappa shape index (κ2) is 5.36. The Balaban J connectivity index is 3.05. The van der Waals surface area contributed by atoms with Crippen molar-refractivity contribution in [2.75, 3.05) is 0 Å². The lowest BCUT2D eigenvalue weighted by Gasteiger charge is -2.31. The molecule has 0 aliphatic carbocycles. The number of rotatable bonds is 5. The van der Waals surface area contributed by atoms with Gasteiger partial charge in [0, 0.05) is 11.8 Å². The van der Waals surface area contributed by atoms with Gasteiger partial charge in [-0.25, -0.2) is 0 Å². The summed E-state index contributed by atoms with van der Waals surface area (Å²) in [6.07, 6.45) is 2.47. The maximum absolute atomic E-state index is 11.2. The predicted molar refractivity (Wildman–Crippen MR) is 67.3 cm³/mol. The van der Waals surface area contributed by atoms with Gasteiger partial charge in [0.25, 0.3) is 0 Å². The van der Waals surface area contributed by atoms with Crippen LogP contribution in [0.2, 0.25) is 0 Å². The van der Waals surface area contributed by atoms with Crippen molar-refractivity contribution < 1.29 is 4.79 Å². The van der Waals surface area contributed by atoms with Gasteiger partial charge in [0.05, 0.1) is 0 Å². The van der Waals surface area contributed by atoms with Gasteiger partial charge in [0.1, 0.15) is 0 Å². The predicted octanol–water partition coefficient (Wildman–Crippen LogP) is 3.59. The third-order valence-electron chi connectivity index (χ3n) is 3.23. The van der Waals surface area contributed by atoms with E-state index in [9.17, 15) is 4.79 Å². The molecule has 82 valence electrons. The normalized spacial score (nSPS) is 11.4. The van der Waals surface area contributed by atoms with Crippen molar-refractivity contribution in [1.29, 1.82) is 0 Å². The molecule has 0 bridgehead atoms. The average Bonchev–Trinajstić information content (AvgIpc) is 2.27. The summed E-state index contributed by atoms with van der Waals surface area (Å²) >= 11 is 3.91. The van der Waals surface area contributed by atoms with Crippen LogP contribution < -0.4 is 0 Å². The van der Waals surface area contributed by atoms with E-state index in [1.165, 1.54) is 5.56 Å². The quantitative estimate of drug-likeness (QED) is 0.753. The number of carbonyl (C=O) groups is 1. The standard InChI is InChI=1S/C13H18OS/c1-3-13(4-2,10-12(14)15)11-8-6-5-7-9-11/h5-9H,3-4,10H2,1-2H3,(H,14,15). The first-order chi connectivity index (χ1) is 7.14. The number of hydrogen-bond acceptors (Lipinski definition) is 1. The molecule has 2 heteroatoms. The molecule has 0 heterocycles. The zero-order valence-corrected chi connectivity index (χ0v) is 10.3. The lowest BCUT2D eigenvalue weighted by atomic mass is 9.74. The molecule has 0 unspecified atom stereocenters. The Morgan fingerprint density at radius 3 is 2.13 bits per heavy atom. The fourth-order valence-corrected chi connectivity index (χ4v) is 2.39. The molecule has 1 aromatic carbocycles. The van der Waals surface area contributed by atoms with Crippen LogP contribution in [0.4, 0.5) is 0 Å². The lowest BCUT2D eigenvalue weighted by molar-refractivity contribution is -0.112. The Morgan fingerprint density at radius 1 is 1.20 bits per heavy atom. The lowest BCUT2D eigenvalue weighted by Crippen LogP contribution is -2.26. The largest absolute Gasteiger partial charge is 0.287 e. The minimum atomic E-state index is -0.0277. The van der Waals surface area contributed by atoms with Gasteiger partial charge in [0.15, 0.2) is 5.12 Å². The first-order valence-electron chi connectivity index (χ1n) is 5.42. The van der Waals surface area contributed by atoms with Crippen LogP contribution in [0, 0.1) is 0 Å². The highest BCUT2D eigenvalue weighted by atomic mass is 32.1. The van der Waals surface area contributed by atoms with E-state index in [1.807, 2.05) is 18.2 Å². The molecule has 0 amide bonds. The van der Waals surface area contributed by atoms with E-state index in [0.717, 1.165) is 12.8 Å². The number of thiol groups is 1. The number of hydrogen-bond donors (Lipinski definition) is 1. The molecule has 0 radical (unpaired) electrons. The molecular formula is C13H18OS. The Kier molecular flexibility index (Phi) is 4.40. The van der Waals surface area contributed by atoms with Crippen LogP contribution in [-0.4, -0.2) is 5.12 Å². The van der Waals surface area contributed by atoms with Crippen LogP contribution in [0.5, 0.6) is 0 Å². The molecule has 15 heavy (non-hydrogen) atoms. The number of benzene rings is 1. The van der Waals surface area contributed by atoms with Crippen LogP contribution in [-0.2, 0) is 10.2 Å². The Morgan fingerprint density at radius 2 is 1.73 bits per heavy atom. The molecule has 0 spiro atoms. The molecule has 1 nitrogen and oxygen atoms in total. The van der Waals surface area contributed by atoms with Gasteiger partial charge >= 0.3 is 0 Å². The van der Waals surface area contributed by atoms with E-state index in [1.54, 1.807) is 0 Å². The van der Waals surface area contributed by atoms with Gasteiger partial charge in [0.2, 0.25) is 0 Å². The van der Waals surface area contributed by atoms with E-state index in [0.29, 0.717) is 6.42 Å². The first-order valence-corrected chi connectivity index (χ1v) is 5.86. The van der Waals surface area contributed by atoms with Gasteiger partial charge in [-0.15, -0.1) is 12.6 Å². The molecule has 0 atom stereocenters. The highest BCUT2D eigenvalue weighted by Gasteiger charge is 2.29. The summed E-state index contributed by atoms with van der Waals surface area (Å²) in [5.41, 5.74) is 1.22. The van der Waals surface area contributed by atoms with Gasteiger partial charge < -0.3 is 0 Å². The van der Waals surface area contributed by atoms with Crippen LogP contribution in [0.25, 0.3) is 0 Å². The maximum atomic E-state index is 11.2. The number of carbonyl (C=O) groups excluding carboxylic acids is 1. The van der Waals surface area contributed by atoms with Crippen LogP contribution in [0.1, 0.15) is 38.7 Å². The Bertz CT molecular complexity index is 315. The molecule has 0 N–H and O–H groups in total. The third kappa shape index (κ3) is 2.85. The Hall–Kier alpha value is -0.760. The third-order valence-corrected chi connectivity index (χ3v) is 3.39. The summed E-state index contributed by atoms with van der Waals surface area (Å²) in [7, 11) is 0. The van der Waals surface area contributed by atoms with Crippen LogP contribution in [0.15, 0.2) is 30.3 Å². The molecule has 0 aliphatic heterocycles. The summed E-state index contributed by atoms with van der Waals surface area (Å²) in [6, 6.07) is 10.3. The summed E-state index contributed by atoms with van der Waals surface area (Å²) in [5, 5.41) is -0.0254. The molecule has 0 saturated carbocycles. The van der Waals surface area contributed by atoms with Crippen molar-refractivity contribution in [2.24, 2.45) is 0 Å². The van der Waals surface area contributed by atoms with Crippen molar-refractivity contribution in [3.63, 3.8) is 0 Å².